The minimum absolute atomic E-state index is 0.0312. The van der Waals surface area contributed by atoms with Crippen molar-refractivity contribution < 1.29 is 9.90 Å². The number of aliphatic hydroxyl groups excluding tert-OH is 1. The van der Waals surface area contributed by atoms with Crippen LogP contribution in [0.4, 0.5) is 10.5 Å². The van der Waals surface area contributed by atoms with E-state index in [9.17, 15) is 4.79 Å². The molecule has 5 nitrogen and oxygen atoms in total. The third-order valence-corrected chi connectivity index (χ3v) is 2.97. The van der Waals surface area contributed by atoms with E-state index in [1.807, 2.05) is 13.8 Å². The monoisotopic (exact) mass is 271 g/mol. The molecule has 0 saturated heterocycles. The molecule has 1 atom stereocenters. The number of anilines is 1. The van der Waals surface area contributed by atoms with Gasteiger partial charge in [0.1, 0.15) is 5.15 Å². The Morgan fingerprint density at radius 1 is 1.61 bits per heavy atom. The molecule has 0 aliphatic rings. The van der Waals surface area contributed by atoms with Gasteiger partial charge in [0.2, 0.25) is 0 Å². The van der Waals surface area contributed by atoms with Crippen LogP contribution in [0.3, 0.4) is 0 Å². The summed E-state index contributed by atoms with van der Waals surface area (Å²) in [5, 5.41) is 14.7. The molecule has 1 rings (SSSR count). The lowest BCUT2D eigenvalue weighted by Gasteiger charge is -2.16. The van der Waals surface area contributed by atoms with Gasteiger partial charge in [-0.15, -0.1) is 0 Å². The molecular weight excluding hydrogens is 254 g/mol. The second-order valence-corrected chi connectivity index (χ2v) is 4.41. The third-order valence-electron chi connectivity index (χ3n) is 2.58. The highest BCUT2D eigenvalue weighted by Crippen LogP contribution is 2.15. The predicted molar refractivity (Wildman–Crippen MR) is 71.9 cm³/mol. The maximum absolute atomic E-state index is 11.7. The van der Waals surface area contributed by atoms with E-state index in [-0.39, 0.29) is 18.7 Å². The van der Waals surface area contributed by atoms with Crippen LogP contribution in [0.5, 0.6) is 0 Å². The molecule has 2 amide bonds. The fourth-order valence-corrected chi connectivity index (χ4v) is 1.62. The van der Waals surface area contributed by atoms with E-state index in [1.54, 1.807) is 6.07 Å². The summed E-state index contributed by atoms with van der Waals surface area (Å²) in [6.45, 7) is 3.83. The lowest BCUT2D eigenvalue weighted by Crippen LogP contribution is -2.38. The molecular formula is C12H18ClN3O2. The Morgan fingerprint density at radius 2 is 2.33 bits per heavy atom. The highest BCUT2D eigenvalue weighted by molar-refractivity contribution is 6.30. The van der Waals surface area contributed by atoms with Crippen molar-refractivity contribution in [3.8, 4) is 0 Å². The minimum atomic E-state index is -0.307. The molecule has 0 aliphatic carbocycles. The number of aromatic nitrogens is 1. The topological polar surface area (TPSA) is 74.2 Å². The highest BCUT2D eigenvalue weighted by Gasteiger charge is 2.10. The van der Waals surface area contributed by atoms with E-state index in [0.717, 1.165) is 12.0 Å². The van der Waals surface area contributed by atoms with Crippen molar-refractivity contribution in [2.75, 3.05) is 11.9 Å². The number of aryl methyl sites for hydroxylation is 1. The Labute approximate surface area is 112 Å². The van der Waals surface area contributed by atoms with Crippen LogP contribution in [0, 0.1) is 6.92 Å². The van der Waals surface area contributed by atoms with Crippen molar-refractivity contribution in [2.24, 2.45) is 0 Å². The molecule has 0 aromatic carbocycles. The zero-order valence-electron chi connectivity index (χ0n) is 10.5. The number of nitrogens with zero attached hydrogens (tertiary/aromatic N) is 1. The molecule has 1 aromatic rings. The fourth-order valence-electron chi connectivity index (χ4n) is 1.51. The quantitative estimate of drug-likeness (QED) is 0.720. The summed E-state index contributed by atoms with van der Waals surface area (Å²) in [5.74, 6) is 0. The van der Waals surface area contributed by atoms with Gasteiger partial charge >= 0.3 is 6.03 Å². The number of hydrogen-bond donors (Lipinski definition) is 3. The summed E-state index contributed by atoms with van der Waals surface area (Å²) in [5.41, 5.74) is 1.39. The number of carbonyl (C=O) groups is 1. The SMILES string of the molecule is CCC(CCO)NC(=O)Nc1cnc(Cl)c(C)c1. The van der Waals surface area contributed by atoms with Crippen LogP contribution in [-0.4, -0.2) is 28.8 Å². The molecule has 6 heteroatoms. The number of nitrogens with one attached hydrogen (secondary N) is 2. The van der Waals surface area contributed by atoms with Gasteiger partial charge < -0.3 is 15.7 Å². The maximum Gasteiger partial charge on any atom is 0.319 e. The van der Waals surface area contributed by atoms with Crippen molar-refractivity contribution in [1.29, 1.82) is 0 Å². The summed E-state index contributed by atoms with van der Waals surface area (Å²) in [6, 6.07) is 1.41. The van der Waals surface area contributed by atoms with Crippen molar-refractivity contribution in [3.05, 3.63) is 23.0 Å². The first-order valence-corrected chi connectivity index (χ1v) is 6.25. The van der Waals surface area contributed by atoms with E-state index >= 15 is 0 Å². The number of urea groups is 1. The Hall–Kier alpha value is -1.33. The van der Waals surface area contributed by atoms with Crippen molar-refractivity contribution in [1.82, 2.24) is 10.3 Å². The molecule has 18 heavy (non-hydrogen) atoms. The second-order valence-electron chi connectivity index (χ2n) is 4.05. The van der Waals surface area contributed by atoms with E-state index < -0.39 is 0 Å². The van der Waals surface area contributed by atoms with Crippen molar-refractivity contribution in [2.45, 2.75) is 32.7 Å². The average molecular weight is 272 g/mol. The Kier molecular flexibility index (Phi) is 5.88. The van der Waals surface area contributed by atoms with Crippen LogP contribution in [0.25, 0.3) is 0 Å². The molecule has 1 heterocycles. The van der Waals surface area contributed by atoms with Gasteiger partial charge in [-0.1, -0.05) is 18.5 Å². The van der Waals surface area contributed by atoms with Gasteiger partial charge in [-0.05, 0) is 31.4 Å². The number of aliphatic hydroxyl groups is 1. The standard InChI is InChI=1S/C12H18ClN3O2/c1-3-9(4-5-17)15-12(18)16-10-6-8(2)11(13)14-7-10/h6-7,9,17H,3-5H2,1-2H3,(H2,15,16,18). The molecule has 1 unspecified atom stereocenters. The van der Waals surface area contributed by atoms with Gasteiger partial charge in [-0.25, -0.2) is 9.78 Å². The zero-order chi connectivity index (χ0) is 13.5. The van der Waals surface area contributed by atoms with Gasteiger partial charge in [-0.2, -0.15) is 0 Å². The molecule has 0 aliphatic heterocycles. The first-order valence-electron chi connectivity index (χ1n) is 5.87. The largest absolute Gasteiger partial charge is 0.396 e. The Morgan fingerprint density at radius 3 is 2.89 bits per heavy atom. The Balaban J connectivity index is 2.55. The highest BCUT2D eigenvalue weighted by atomic mass is 35.5. The zero-order valence-corrected chi connectivity index (χ0v) is 11.3. The molecule has 0 saturated carbocycles. The van der Waals surface area contributed by atoms with Gasteiger partial charge in [-0.3, -0.25) is 0 Å². The maximum atomic E-state index is 11.7. The first kappa shape index (κ1) is 14.7. The van der Waals surface area contributed by atoms with Crippen molar-refractivity contribution >= 4 is 23.3 Å². The van der Waals surface area contributed by atoms with Gasteiger partial charge in [0.05, 0.1) is 11.9 Å². The van der Waals surface area contributed by atoms with Gasteiger partial charge in [0.15, 0.2) is 0 Å². The summed E-state index contributed by atoms with van der Waals surface area (Å²) >= 11 is 5.80. The molecule has 3 N–H and O–H groups in total. The number of amides is 2. The van der Waals surface area contributed by atoms with E-state index in [4.69, 9.17) is 16.7 Å². The van der Waals surface area contributed by atoms with Crippen LogP contribution in [0.2, 0.25) is 5.15 Å². The molecule has 0 radical (unpaired) electrons. The molecule has 100 valence electrons. The number of halogens is 1. The predicted octanol–water partition coefficient (Wildman–Crippen LogP) is 2.33. The Bertz CT molecular complexity index is 412. The van der Waals surface area contributed by atoms with E-state index in [0.29, 0.717) is 17.3 Å². The lowest BCUT2D eigenvalue weighted by molar-refractivity contribution is 0.237. The van der Waals surface area contributed by atoms with Crippen LogP contribution in [0.15, 0.2) is 12.3 Å². The molecule has 0 bridgehead atoms. The average Bonchev–Trinajstić information content (AvgIpc) is 2.33. The van der Waals surface area contributed by atoms with Crippen LogP contribution in [-0.2, 0) is 0 Å². The summed E-state index contributed by atoms with van der Waals surface area (Å²) < 4.78 is 0. The second kappa shape index (κ2) is 7.18. The van der Waals surface area contributed by atoms with Gasteiger partial charge in [0, 0.05) is 12.6 Å². The number of carbonyl (C=O) groups excluding carboxylic acids is 1. The summed E-state index contributed by atoms with van der Waals surface area (Å²) in [7, 11) is 0. The van der Waals surface area contributed by atoms with Gasteiger partial charge in [0.25, 0.3) is 0 Å². The summed E-state index contributed by atoms with van der Waals surface area (Å²) in [4.78, 5) is 15.6. The minimum Gasteiger partial charge on any atom is -0.396 e. The van der Waals surface area contributed by atoms with Crippen LogP contribution >= 0.6 is 11.6 Å². The lowest BCUT2D eigenvalue weighted by atomic mass is 10.2. The van der Waals surface area contributed by atoms with Crippen LogP contribution < -0.4 is 10.6 Å². The smallest absolute Gasteiger partial charge is 0.319 e. The van der Waals surface area contributed by atoms with E-state index in [1.165, 1.54) is 6.20 Å². The number of pyridine rings is 1. The molecule has 0 spiro atoms. The first-order chi connectivity index (χ1) is 8.56. The normalized spacial score (nSPS) is 12.0. The van der Waals surface area contributed by atoms with Crippen molar-refractivity contribution in [3.63, 3.8) is 0 Å². The third kappa shape index (κ3) is 4.50. The number of rotatable bonds is 5. The number of hydrogen-bond acceptors (Lipinski definition) is 3. The molecule has 1 aromatic heterocycles. The van der Waals surface area contributed by atoms with E-state index in [2.05, 4.69) is 15.6 Å². The fraction of sp³-hybridized carbons (Fsp3) is 0.500. The van der Waals surface area contributed by atoms with Crippen LogP contribution in [0.1, 0.15) is 25.3 Å². The summed E-state index contributed by atoms with van der Waals surface area (Å²) in [6.07, 6.45) is 2.82. The molecule has 0 fully saturated rings.